The summed E-state index contributed by atoms with van der Waals surface area (Å²) < 4.78 is 60.4. The number of nitrogens with zero attached hydrogens (tertiary/aromatic N) is 2. The summed E-state index contributed by atoms with van der Waals surface area (Å²) >= 11 is 0. The van der Waals surface area contributed by atoms with Crippen molar-refractivity contribution in [3.63, 3.8) is 0 Å². The van der Waals surface area contributed by atoms with E-state index in [1.807, 2.05) is 19.1 Å². The number of carboxylic acid groups (broad SMARTS) is 1. The Kier molecular flexibility index (Phi) is 8.98. The average molecular weight is 529 g/mol. The molecule has 0 spiro atoms. The molecule has 0 radical (unpaired) electrons. The molecule has 1 aromatic heterocycles. The van der Waals surface area contributed by atoms with Crippen molar-refractivity contribution in [1.29, 1.82) is 0 Å². The number of anilines is 1. The fourth-order valence-corrected chi connectivity index (χ4v) is 3.34. The number of nitrogen functional groups attached to an aromatic ring is 1. The van der Waals surface area contributed by atoms with Crippen LogP contribution in [0.1, 0.15) is 17.2 Å². The molecule has 4 aromatic rings. The third-order valence-electron chi connectivity index (χ3n) is 5.15. The number of hydrogen-bond donors (Lipinski definition) is 3. The number of aromatic nitrogens is 2. The van der Waals surface area contributed by atoms with Gasteiger partial charge in [-0.05, 0) is 30.2 Å². The first kappa shape index (κ1) is 28.1. The van der Waals surface area contributed by atoms with Crippen molar-refractivity contribution in [2.24, 2.45) is 5.73 Å². The zero-order chi connectivity index (χ0) is 27.9. The fraction of sp³-hybridized carbons (Fsp3) is 0.148. The summed E-state index contributed by atoms with van der Waals surface area (Å²) in [5, 5.41) is 7.60. The highest BCUT2D eigenvalue weighted by Gasteiger charge is 2.43. The Labute approximate surface area is 215 Å². The summed E-state index contributed by atoms with van der Waals surface area (Å²) in [7, 11) is 0. The summed E-state index contributed by atoms with van der Waals surface area (Å²) in [6.07, 6.45) is -7.00. The Bertz CT molecular complexity index is 1380. The molecule has 0 amide bonds. The topological polar surface area (TPSA) is 124 Å². The highest BCUT2D eigenvalue weighted by molar-refractivity contribution is 5.68. The predicted molar refractivity (Wildman–Crippen MR) is 135 cm³/mol. The molecule has 0 saturated carbocycles. The number of aliphatic carboxylic acids is 1. The zero-order valence-electron chi connectivity index (χ0n) is 20.1. The standard InChI is InChI=1S/C25H19F4N3O.C2H5NO2/c1-15-5-7-17(8-6-15)21-14-22(32-24(30)31-21)33-23(25(27,28)29)18-11-9-16(10-12-18)19-3-2-4-20(26)13-19;3-1-2(4)5/h2-14,23H,1H3,(H2,30,31,32);1,3H2,(H,4,5). The van der Waals surface area contributed by atoms with Crippen LogP contribution in [0.2, 0.25) is 0 Å². The van der Waals surface area contributed by atoms with E-state index < -0.39 is 24.1 Å². The first-order valence-corrected chi connectivity index (χ1v) is 11.2. The maximum absolute atomic E-state index is 13.9. The van der Waals surface area contributed by atoms with Gasteiger partial charge in [0, 0.05) is 17.2 Å². The van der Waals surface area contributed by atoms with Gasteiger partial charge in [-0.2, -0.15) is 18.2 Å². The monoisotopic (exact) mass is 528 g/mol. The lowest BCUT2D eigenvalue weighted by Gasteiger charge is -2.22. The van der Waals surface area contributed by atoms with E-state index >= 15 is 0 Å². The molecule has 4 rings (SSSR count). The second kappa shape index (κ2) is 12.2. The molecule has 7 nitrogen and oxygen atoms in total. The number of benzene rings is 3. The average Bonchev–Trinajstić information content (AvgIpc) is 2.87. The Hall–Kier alpha value is -4.51. The maximum atomic E-state index is 13.9. The molecule has 198 valence electrons. The van der Waals surface area contributed by atoms with Crippen LogP contribution < -0.4 is 16.2 Å². The maximum Gasteiger partial charge on any atom is 0.429 e. The van der Waals surface area contributed by atoms with Gasteiger partial charge in [0.1, 0.15) is 5.82 Å². The van der Waals surface area contributed by atoms with Crippen LogP contribution in [-0.2, 0) is 4.79 Å². The Balaban J connectivity index is 0.000000732. The normalized spacial score (nSPS) is 11.7. The largest absolute Gasteiger partial charge is 0.480 e. The predicted octanol–water partition coefficient (Wildman–Crippen LogP) is 5.55. The molecule has 3 aromatic carbocycles. The number of hydrogen-bond acceptors (Lipinski definition) is 6. The van der Waals surface area contributed by atoms with Crippen LogP contribution in [-0.4, -0.2) is 33.8 Å². The van der Waals surface area contributed by atoms with Crippen LogP contribution >= 0.6 is 0 Å². The van der Waals surface area contributed by atoms with Gasteiger partial charge < -0.3 is 21.3 Å². The molecule has 0 bridgehead atoms. The van der Waals surface area contributed by atoms with Crippen LogP contribution in [0.5, 0.6) is 5.88 Å². The molecule has 38 heavy (non-hydrogen) atoms. The van der Waals surface area contributed by atoms with Crippen molar-refractivity contribution >= 4 is 11.9 Å². The molecule has 1 atom stereocenters. The van der Waals surface area contributed by atoms with Crippen molar-refractivity contribution < 1.29 is 32.2 Å². The number of rotatable bonds is 6. The Morgan fingerprint density at radius 3 is 2.11 bits per heavy atom. The summed E-state index contributed by atoms with van der Waals surface area (Å²) in [5.74, 6) is -1.90. The lowest BCUT2D eigenvalue weighted by molar-refractivity contribution is -0.198. The molecule has 0 aliphatic carbocycles. The molecule has 0 aliphatic rings. The molecule has 0 saturated heterocycles. The number of carbonyl (C=O) groups is 1. The fourth-order valence-electron chi connectivity index (χ4n) is 3.34. The molecule has 1 heterocycles. The third kappa shape index (κ3) is 7.74. The van der Waals surface area contributed by atoms with E-state index in [0.717, 1.165) is 5.56 Å². The van der Waals surface area contributed by atoms with Gasteiger partial charge in [-0.15, -0.1) is 0 Å². The van der Waals surface area contributed by atoms with Crippen LogP contribution in [0.15, 0.2) is 78.9 Å². The quantitative estimate of drug-likeness (QED) is 0.280. The minimum Gasteiger partial charge on any atom is -0.480 e. The lowest BCUT2D eigenvalue weighted by atomic mass is 10.0. The molecule has 11 heteroatoms. The second-order valence-electron chi connectivity index (χ2n) is 8.09. The summed E-state index contributed by atoms with van der Waals surface area (Å²) in [4.78, 5) is 17.2. The van der Waals surface area contributed by atoms with Gasteiger partial charge in [0.15, 0.2) is 0 Å². The van der Waals surface area contributed by atoms with Crippen molar-refractivity contribution in [2.45, 2.75) is 19.2 Å². The van der Waals surface area contributed by atoms with E-state index in [4.69, 9.17) is 15.6 Å². The summed E-state index contributed by atoms with van der Waals surface area (Å²) in [6, 6.07) is 20.0. The molecular weight excluding hydrogens is 504 g/mol. The number of alkyl halides is 3. The van der Waals surface area contributed by atoms with Crippen molar-refractivity contribution in [3.05, 3.63) is 95.8 Å². The second-order valence-corrected chi connectivity index (χ2v) is 8.09. The van der Waals surface area contributed by atoms with Crippen molar-refractivity contribution in [1.82, 2.24) is 9.97 Å². The van der Waals surface area contributed by atoms with E-state index in [0.29, 0.717) is 22.4 Å². The molecule has 5 N–H and O–H groups in total. The first-order valence-electron chi connectivity index (χ1n) is 11.2. The van der Waals surface area contributed by atoms with Crippen LogP contribution in [0.3, 0.4) is 0 Å². The van der Waals surface area contributed by atoms with E-state index in [1.165, 1.54) is 48.5 Å². The molecular formula is C27H24F4N4O3. The molecule has 0 fully saturated rings. The smallest absolute Gasteiger partial charge is 0.429 e. The van der Waals surface area contributed by atoms with Gasteiger partial charge >= 0.3 is 12.1 Å². The minimum atomic E-state index is -4.72. The van der Waals surface area contributed by atoms with Gasteiger partial charge in [-0.25, -0.2) is 9.37 Å². The van der Waals surface area contributed by atoms with Gasteiger partial charge in [0.05, 0.1) is 12.2 Å². The zero-order valence-corrected chi connectivity index (χ0v) is 20.1. The number of aryl methyl sites for hydroxylation is 1. The highest BCUT2D eigenvalue weighted by atomic mass is 19.4. The number of ether oxygens (including phenoxy) is 1. The van der Waals surface area contributed by atoms with E-state index in [1.54, 1.807) is 18.2 Å². The van der Waals surface area contributed by atoms with Gasteiger partial charge in [-0.1, -0.05) is 66.2 Å². The van der Waals surface area contributed by atoms with Crippen LogP contribution in [0.4, 0.5) is 23.5 Å². The highest BCUT2D eigenvalue weighted by Crippen LogP contribution is 2.38. The van der Waals surface area contributed by atoms with Gasteiger partial charge in [-0.3, -0.25) is 4.79 Å². The SMILES string of the molecule is Cc1ccc(-c2cc(OC(c3ccc(-c4cccc(F)c4)cc3)C(F)(F)F)nc(N)n2)cc1.NCC(=O)O. The lowest BCUT2D eigenvalue weighted by Crippen LogP contribution is -2.26. The summed E-state index contributed by atoms with van der Waals surface area (Å²) in [5.41, 5.74) is 13.3. The van der Waals surface area contributed by atoms with E-state index in [9.17, 15) is 22.4 Å². The molecule has 0 aliphatic heterocycles. The van der Waals surface area contributed by atoms with Crippen LogP contribution in [0, 0.1) is 12.7 Å². The van der Waals surface area contributed by atoms with E-state index in [2.05, 4.69) is 15.7 Å². The van der Waals surface area contributed by atoms with Crippen molar-refractivity contribution in [2.75, 3.05) is 12.3 Å². The first-order chi connectivity index (χ1) is 18.0. The van der Waals surface area contributed by atoms with Crippen molar-refractivity contribution in [3.8, 4) is 28.3 Å². The number of carboxylic acids is 1. The number of nitrogens with two attached hydrogens (primary N) is 2. The van der Waals surface area contributed by atoms with Crippen LogP contribution in [0.25, 0.3) is 22.4 Å². The molecule has 1 unspecified atom stereocenters. The Morgan fingerprint density at radius 1 is 0.947 bits per heavy atom. The Morgan fingerprint density at radius 2 is 1.55 bits per heavy atom. The minimum absolute atomic E-state index is 0.128. The number of halogens is 4. The van der Waals surface area contributed by atoms with Gasteiger partial charge in [0.2, 0.25) is 17.9 Å². The van der Waals surface area contributed by atoms with Gasteiger partial charge in [0.25, 0.3) is 0 Å². The third-order valence-corrected chi connectivity index (χ3v) is 5.15. The summed E-state index contributed by atoms with van der Waals surface area (Å²) in [6.45, 7) is 1.64. The van der Waals surface area contributed by atoms with E-state index in [-0.39, 0.29) is 23.9 Å².